The predicted molar refractivity (Wildman–Crippen MR) is 94.5 cm³/mol. The third kappa shape index (κ3) is 4.36. The zero-order chi connectivity index (χ0) is 17.6. The first kappa shape index (κ1) is 17.4. The van der Waals surface area contributed by atoms with Gasteiger partial charge in [-0.3, -0.25) is 0 Å². The van der Waals surface area contributed by atoms with Gasteiger partial charge in [0.25, 0.3) is 0 Å². The summed E-state index contributed by atoms with van der Waals surface area (Å²) in [6.45, 7) is 5.92. The summed E-state index contributed by atoms with van der Waals surface area (Å²) >= 11 is 0. The molecule has 1 unspecified atom stereocenters. The van der Waals surface area contributed by atoms with Gasteiger partial charge in [-0.25, -0.2) is 9.48 Å². The van der Waals surface area contributed by atoms with E-state index in [-0.39, 0.29) is 12.1 Å². The van der Waals surface area contributed by atoms with Gasteiger partial charge in [-0.1, -0.05) is 17.3 Å². The Labute approximate surface area is 148 Å². The van der Waals surface area contributed by atoms with Crippen LogP contribution in [0.3, 0.4) is 0 Å². The SMILES string of the molecule is CCOC(=O)N1CCC(NC(C)c2ccc(-n3ccnn3)cc2)CC1. The molecule has 1 fully saturated rings. The number of rotatable bonds is 5. The quantitative estimate of drug-likeness (QED) is 0.903. The van der Waals surface area contributed by atoms with E-state index < -0.39 is 0 Å². The number of amides is 1. The van der Waals surface area contributed by atoms with Crippen molar-refractivity contribution in [3.63, 3.8) is 0 Å². The lowest BCUT2D eigenvalue weighted by Gasteiger charge is -2.33. The number of carbonyl (C=O) groups excluding carboxylic acids is 1. The standard InChI is InChI=1S/C18H25N5O2/c1-3-25-18(24)22-11-8-16(9-12-22)20-14(2)15-4-6-17(7-5-15)23-13-10-19-21-23/h4-7,10,13-14,16,20H,3,8-9,11-12H2,1-2H3. The molecule has 1 N–H and O–H groups in total. The first-order valence-corrected chi connectivity index (χ1v) is 8.81. The second-order valence-corrected chi connectivity index (χ2v) is 6.29. The average molecular weight is 343 g/mol. The third-order valence-electron chi connectivity index (χ3n) is 4.59. The number of carbonyl (C=O) groups is 1. The molecule has 0 saturated carbocycles. The molecule has 25 heavy (non-hydrogen) atoms. The van der Waals surface area contributed by atoms with Crippen molar-refractivity contribution in [3.05, 3.63) is 42.2 Å². The van der Waals surface area contributed by atoms with Gasteiger partial charge in [0.15, 0.2) is 0 Å². The van der Waals surface area contributed by atoms with Crippen LogP contribution in [0, 0.1) is 0 Å². The van der Waals surface area contributed by atoms with Crippen molar-refractivity contribution in [3.8, 4) is 5.69 Å². The van der Waals surface area contributed by atoms with E-state index in [0.29, 0.717) is 12.6 Å². The van der Waals surface area contributed by atoms with E-state index in [4.69, 9.17) is 4.74 Å². The number of aromatic nitrogens is 3. The molecular formula is C18H25N5O2. The molecule has 2 heterocycles. The van der Waals surface area contributed by atoms with E-state index in [0.717, 1.165) is 31.6 Å². The summed E-state index contributed by atoms with van der Waals surface area (Å²) in [6.07, 6.45) is 5.19. The number of hydrogen-bond donors (Lipinski definition) is 1. The Hall–Kier alpha value is -2.41. The van der Waals surface area contributed by atoms with Crippen molar-refractivity contribution in [1.29, 1.82) is 0 Å². The molecule has 0 radical (unpaired) electrons. The number of hydrogen-bond acceptors (Lipinski definition) is 5. The summed E-state index contributed by atoms with van der Waals surface area (Å²) in [5.74, 6) is 0. The lowest BCUT2D eigenvalue weighted by atomic mass is 10.0. The van der Waals surface area contributed by atoms with Crippen LogP contribution in [-0.2, 0) is 4.74 Å². The molecule has 7 nitrogen and oxygen atoms in total. The zero-order valence-corrected chi connectivity index (χ0v) is 14.8. The molecule has 2 aromatic rings. The topological polar surface area (TPSA) is 72.3 Å². The molecule has 0 bridgehead atoms. The second kappa shape index (κ2) is 8.11. The zero-order valence-electron chi connectivity index (χ0n) is 14.8. The van der Waals surface area contributed by atoms with Crippen LogP contribution < -0.4 is 5.32 Å². The molecule has 1 saturated heterocycles. The van der Waals surface area contributed by atoms with E-state index >= 15 is 0 Å². The first-order valence-electron chi connectivity index (χ1n) is 8.81. The Bertz CT molecular complexity index is 663. The van der Waals surface area contributed by atoms with E-state index in [1.165, 1.54) is 5.56 Å². The number of nitrogens with zero attached hydrogens (tertiary/aromatic N) is 4. The van der Waals surface area contributed by atoms with Gasteiger partial charge in [0.1, 0.15) is 0 Å². The van der Waals surface area contributed by atoms with Crippen LogP contribution in [0.5, 0.6) is 0 Å². The van der Waals surface area contributed by atoms with E-state index in [1.54, 1.807) is 15.8 Å². The number of piperidine rings is 1. The van der Waals surface area contributed by atoms with Gasteiger partial charge in [0.05, 0.1) is 24.7 Å². The van der Waals surface area contributed by atoms with E-state index in [1.807, 2.05) is 25.3 Å². The molecule has 1 aliphatic heterocycles. The maximum absolute atomic E-state index is 11.7. The predicted octanol–water partition coefficient (Wildman–Crippen LogP) is 2.54. The normalized spacial score (nSPS) is 16.6. The lowest BCUT2D eigenvalue weighted by molar-refractivity contribution is 0.0944. The number of ether oxygens (including phenoxy) is 1. The number of nitrogens with one attached hydrogen (secondary N) is 1. The van der Waals surface area contributed by atoms with Crippen LogP contribution in [0.25, 0.3) is 5.69 Å². The van der Waals surface area contributed by atoms with Crippen molar-refractivity contribution in [2.75, 3.05) is 19.7 Å². The lowest BCUT2D eigenvalue weighted by Crippen LogP contribution is -2.45. The molecule has 134 valence electrons. The van der Waals surface area contributed by atoms with Crippen molar-refractivity contribution in [2.24, 2.45) is 0 Å². The molecule has 0 aliphatic carbocycles. The van der Waals surface area contributed by atoms with Crippen molar-refractivity contribution in [2.45, 2.75) is 38.8 Å². The van der Waals surface area contributed by atoms with Gasteiger partial charge in [0, 0.05) is 25.2 Å². The fourth-order valence-electron chi connectivity index (χ4n) is 3.15. The Balaban J connectivity index is 1.51. The van der Waals surface area contributed by atoms with Crippen molar-refractivity contribution >= 4 is 6.09 Å². The summed E-state index contributed by atoms with van der Waals surface area (Å²) in [4.78, 5) is 13.5. The van der Waals surface area contributed by atoms with Crippen molar-refractivity contribution in [1.82, 2.24) is 25.2 Å². The number of likely N-dealkylation sites (tertiary alicyclic amines) is 1. The monoisotopic (exact) mass is 343 g/mol. The van der Waals surface area contributed by atoms with Crippen LogP contribution in [0.1, 0.15) is 38.3 Å². The number of benzene rings is 1. The maximum Gasteiger partial charge on any atom is 0.409 e. The molecule has 1 aromatic heterocycles. The van der Waals surface area contributed by atoms with Gasteiger partial charge in [-0.15, -0.1) is 5.10 Å². The molecule has 7 heteroatoms. The van der Waals surface area contributed by atoms with Gasteiger partial charge in [0.2, 0.25) is 0 Å². The molecule has 1 amide bonds. The summed E-state index contributed by atoms with van der Waals surface area (Å²) in [7, 11) is 0. The van der Waals surface area contributed by atoms with Crippen LogP contribution in [0.15, 0.2) is 36.7 Å². The highest BCUT2D eigenvalue weighted by Gasteiger charge is 2.24. The molecule has 0 spiro atoms. The Morgan fingerprint density at radius 3 is 2.64 bits per heavy atom. The summed E-state index contributed by atoms with van der Waals surface area (Å²) in [5.41, 5.74) is 2.23. The van der Waals surface area contributed by atoms with Gasteiger partial charge < -0.3 is 15.0 Å². The molecule has 1 aromatic carbocycles. The van der Waals surface area contributed by atoms with E-state index in [9.17, 15) is 4.79 Å². The fraction of sp³-hybridized carbons (Fsp3) is 0.500. The second-order valence-electron chi connectivity index (χ2n) is 6.29. The highest BCUT2D eigenvalue weighted by Crippen LogP contribution is 2.19. The van der Waals surface area contributed by atoms with E-state index in [2.05, 4.69) is 34.7 Å². The highest BCUT2D eigenvalue weighted by molar-refractivity contribution is 5.67. The minimum absolute atomic E-state index is 0.197. The van der Waals surface area contributed by atoms with Crippen molar-refractivity contribution < 1.29 is 9.53 Å². The minimum Gasteiger partial charge on any atom is -0.450 e. The molecular weight excluding hydrogens is 318 g/mol. The molecule has 3 rings (SSSR count). The summed E-state index contributed by atoms with van der Waals surface area (Å²) in [5, 5.41) is 11.5. The summed E-state index contributed by atoms with van der Waals surface area (Å²) < 4.78 is 6.81. The Kier molecular flexibility index (Phi) is 5.65. The van der Waals surface area contributed by atoms with Gasteiger partial charge in [-0.05, 0) is 44.4 Å². The highest BCUT2D eigenvalue weighted by atomic mass is 16.6. The van der Waals surface area contributed by atoms with Crippen LogP contribution in [0.2, 0.25) is 0 Å². The van der Waals surface area contributed by atoms with Crippen LogP contribution in [-0.4, -0.2) is 51.7 Å². The summed E-state index contributed by atoms with van der Waals surface area (Å²) in [6, 6.07) is 8.99. The maximum atomic E-state index is 11.7. The van der Waals surface area contributed by atoms with Gasteiger partial charge >= 0.3 is 6.09 Å². The Morgan fingerprint density at radius 2 is 2.04 bits per heavy atom. The smallest absolute Gasteiger partial charge is 0.409 e. The van der Waals surface area contributed by atoms with Crippen LogP contribution >= 0.6 is 0 Å². The molecule has 1 atom stereocenters. The third-order valence-corrected chi connectivity index (χ3v) is 4.59. The van der Waals surface area contributed by atoms with Gasteiger partial charge in [-0.2, -0.15) is 0 Å². The molecule has 1 aliphatic rings. The average Bonchev–Trinajstić information content (AvgIpc) is 3.17. The fourth-order valence-corrected chi connectivity index (χ4v) is 3.15. The Morgan fingerprint density at radius 1 is 1.32 bits per heavy atom. The van der Waals surface area contributed by atoms with Crippen LogP contribution in [0.4, 0.5) is 4.79 Å². The first-order chi connectivity index (χ1) is 12.2. The largest absolute Gasteiger partial charge is 0.450 e. The minimum atomic E-state index is -0.197.